The van der Waals surface area contributed by atoms with Crippen molar-refractivity contribution in [2.45, 2.75) is 77.8 Å². The van der Waals surface area contributed by atoms with Crippen LogP contribution in [0.5, 0.6) is 0 Å². The zero-order valence-corrected chi connectivity index (χ0v) is 18.7. The highest BCUT2D eigenvalue weighted by Crippen LogP contribution is 2.19. The average Bonchev–Trinajstić information content (AvgIpc) is 2.76. The lowest BCUT2D eigenvalue weighted by Crippen LogP contribution is -2.52. The normalized spacial score (nSPS) is 22.0. The molecule has 1 aliphatic rings. The van der Waals surface area contributed by atoms with Crippen LogP contribution in [0, 0.1) is 11.8 Å². The molecule has 2 rings (SSSR count). The maximum absolute atomic E-state index is 13.5. The van der Waals surface area contributed by atoms with Gasteiger partial charge in [0.1, 0.15) is 6.04 Å². The lowest BCUT2D eigenvalue weighted by Gasteiger charge is -2.31. The van der Waals surface area contributed by atoms with Gasteiger partial charge in [-0.1, -0.05) is 52.0 Å². The Morgan fingerprint density at radius 3 is 2.58 bits per heavy atom. The van der Waals surface area contributed by atoms with Gasteiger partial charge in [-0.15, -0.1) is 0 Å². The molecule has 0 aromatic carbocycles. The Bertz CT molecular complexity index is 711. The topological polar surface area (TPSA) is 112 Å². The van der Waals surface area contributed by atoms with Crippen LogP contribution in [0.15, 0.2) is 24.5 Å². The fraction of sp³-hybridized carbons (Fsp3) is 0.652. The number of nitrogens with one attached hydrogen (secondary N) is 2. The SMILES string of the molecule is CC(C)C1NC(=O)C(CC(=O)NO)CCCCCCCCN(Cc2cccnc2)C1=O. The molecule has 1 aromatic rings. The molecule has 8 nitrogen and oxygen atoms in total. The fourth-order valence-corrected chi connectivity index (χ4v) is 3.96. The van der Waals surface area contributed by atoms with Crippen LogP contribution in [-0.2, 0) is 20.9 Å². The molecule has 1 aliphatic heterocycles. The number of pyridine rings is 1. The predicted molar refractivity (Wildman–Crippen MR) is 117 cm³/mol. The summed E-state index contributed by atoms with van der Waals surface area (Å²) in [5, 5.41) is 11.8. The summed E-state index contributed by atoms with van der Waals surface area (Å²) >= 11 is 0. The second-order valence-corrected chi connectivity index (χ2v) is 8.70. The van der Waals surface area contributed by atoms with Gasteiger partial charge in [0.25, 0.3) is 0 Å². The summed E-state index contributed by atoms with van der Waals surface area (Å²) in [6, 6.07) is 3.12. The van der Waals surface area contributed by atoms with Crippen molar-refractivity contribution in [3.63, 3.8) is 0 Å². The smallest absolute Gasteiger partial charge is 0.245 e. The highest BCUT2D eigenvalue weighted by molar-refractivity contribution is 5.90. The van der Waals surface area contributed by atoms with E-state index in [1.165, 1.54) is 0 Å². The first-order valence-corrected chi connectivity index (χ1v) is 11.3. The van der Waals surface area contributed by atoms with Gasteiger partial charge in [0.2, 0.25) is 17.7 Å². The largest absolute Gasteiger partial charge is 0.344 e. The number of carbonyl (C=O) groups excluding carboxylic acids is 3. The molecule has 1 saturated heterocycles. The van der Waals surface area contributed by atoms with E-state index in [0.29, 0.717) is 19.5 Å². The van der Waals surface area contributed by atoms with E-state index in [-0.39, 0.29) is 24.2 Å². The Hall–Kier alpha value is -2.48. The summed E-state index contributed by atoms with van der Waals surface area (Å²) in [5.41, 5.74) is 2.56. The van der Waals surface area contributed by atoms with Crippen molar-refractivity contribution in [3.8, 4) is 0 Å². The van der Waals surface area contributed by atoms with Gasteiger partial charge in [0.05, 0.1) is 0 Å². The molecule has 0 radical (unpaired) electrons. The molecule has 0 spiro atoms. The molecule has 8 heteroatoms. The van der Waals surface area contributed by atoms with Crippen molar-refractivity contribution < 1.29 is 19.6 Å². The second kappa shape index (κ2) is 13.0. The van der Waals surface area contributed by atoms with Crippen LogP contribution >= 0.6 is 0 Å². The Balaban J connectivity index is 2.23. The number of carbonyl (C=O) groups is 3. The molecule has 0 aliphatic carbocycles. The van der Waals surface area contributed by atoms with E-state index in [1.54, 1.807) is 17.9 Å². The third-order valence-electron chi connectivity index (χ3n) is 5.80. The Kier molecular flexibility index (Phi) is 10.4. The van der Waals surface area contributed by atoms with Gasteiger partial charge in [0, 0.05) is 37.8 Å². The van der Waals surface area contributed by atoms with Crippen molar-refractivity contribution in [3.05, 3.63) is 30.1 Å². The van der Waals surface area contributed by atoms with Crippen molar-refractivity contribution >= 4 is 17.7 Å². The minimum atomic E-state index is -0.674. The molecule has 0 bridgehead atoms. The summed E-state index contributed by atoms with van der Waals surface area (Å²) in [6.45, 7) is 4.89. The van der Waals surface area contributed by atoms with Crippen molar-refractivity contribution in [1.29, 1.82) is 0 Å². The highest BCUT2D eigenvalue weighted by Gasteiger charge is 2.31. The molecule has 172 valence electrons. The molecular formula is C23H36N4O4. The summed E-state index contributed by atoms with van der Waals surface area (Å²) in [6.07, 6.45) is 9.86. The molecule has 2 atom stereocenters. The Labute approximate surface area is 184 Å². The molecule has 2 heterocycles. The number of rotatable bonds is 5. The summed E-state index contributed by atoms with van der Waals surface area (Å²) in [5.74, 6) is -1.69. The third-order valence-corrected chi connectivity index (χ3v) is 5.80. The average molecular weight is 433 g/mol. The van der Waals surface area contributed by atoms with Crippen LogP contribution < -0.4 is 10.8 Å². The second-order valence-electron chi connectivity index (χ2n) is 8.70. The van der Waals surface area contributed by atoms with Gasteiger partial charge in [-0.3, -0.25) is 24.6 Å². The predicted octanol–water partition coefficient (Wildman–Crippen LogP) is 2.81. The maximum atomic E-state index is 13.5. The Morgan fingerprint density at radius 2 is 1.94 bits per heavy atom. The first kappa shape index (κ1) is 24.8. The zero-order valence-electron chi connectivity index (χ0n) is 18.7. The van der Waals surface area contributed by atoms with Crippen molar-refractivity contribution in [2.75, 3.05) is 6.54 Å². The summed E-state index contributed by atoms with van der Waals surface area (Å²) in [4.78, 5) is 44.1. The molecule has 1 aromatic heterocycles. The number of amides is 3. The van der Waals surface area contributed by atoms with E-state index in [1.807, 2.05) is 30.9 Å². The summed E-state index contributed by atoms with van der Waals surface area (Å²) in [7, 11) is 0. The lowest BCUT2D eigenvalue weighted by atomic mass is 9.94. The van der Waals surface area contributed by atoms with E-state index >= 15 is 0 Å². The van der Waals surface area contributed by atoms with Crippen molar-refractivity contribution in [1.82, 2.24) is 20.7 Å². The van der Waals surface area contributed by atoms with Gasteiger partial charge >= 0.3 is 0 Å². The van der Waals surface area contributed by atoms with Crippen LogP contribution in [0.3, 0.4) is 0 Å². The molecule has 3 N–H and O–H groups in total. The standard InChI is InChI=1S/C23H36N4O4/c1-17(2)21-23(30)27(16-18-10-9-12-24-15-18)13-8-6-4-3-5-7-11-19(22(29)25-21)14-20(28)26-31/h9-10,12,15,17,19,21,31H,3-8,11,13-14,16H2,1-2H3,(H,25,29)(H,26,28). The van der Waals surface area contributed by atoms with Gasteiger partial charge < -0.3 is 10.2 Å². The molecule has 1 fully saturated rings. The zero-order chi connectivity index (χ0) is 22.6. The number of hydrogen-bond acceptors (Lipinski definition) is 5. The maximum Gasteiger partial charge on any atom is 0.245 e. The van der Waals surface area contributed by atoms with E-state index in [2.05, 4.69) is 10.3 Å². The van der Waals surface area contributed by atoms with Crippen LogP contribution in [0.2, 0.25) is 0 Å². The van der Waals surface area contributed by atoms with Crippen LogP contribution in [0.25, 0.3) is 0 Å². The number of hydroxylamine groups is 1. The Morgan fingerprint density at radius 1 is 1.23 bits per heavy atom. The quantitative estimate of drug-likeness (QED) is 0.489. The number of nitrogens with zero attached hydrogens (tertiary/aromatic N) is 2. The van der Waals surface area contributed by atoms with E-state index in [4.69, 9.17) is 5.21 Å². The molecule has 3 amide bonds. The molecular weight excluding hydrogens is 396 g/mol. The fourth-order valence-electron chi connectivity index (χ4n) is 3.96. The van der Waals surface area contributed by atoms with Crippen molar-refractivity contribution in [2.24, 2.45) is 11.8 Å². The van der Waals surface area contributed by atoms with E-state index < -0.39 is 17.9 Å². The number of hydrogen-bond donors (Lipinski definition) is 3. The van der Waals surface area contributed by atoms with Gasteiger partial charge in [0.15, 0.2) is 0 Å². The van der Waals surface area contributed by atoms with Gasteiger partial charge in [-0.25, -0.2) is 5.48 Å². The minimum Gasteiger partial charge on any atom is -0.344 e. The lowest BCUT2D eigenvalue weighted by molar-refractivity contribution is -0.140. The molecule has 31 heavy (non-hydrogen) atoms. The van der Waals surface area contributed by atoms with Crippen LogP contribution in [0.1, 0.15) is 70.8 Å². The van der Waals surface area contributed by atoms with Crippen LogP contribution in [-0.4, -0.2) is 45.4 Å². The monoisotopic (exact) mass is 432 g/mol. The summed E-state index contributed by atoms with van der Waals surface area (Å²) < 4.78 is 0. The van der Waals surface area contributed by atoms with E-state index in [9.17, 15) is 14.4 Å². The molecule has 0 saturated carbocycles. The van der Waals surface area contributed by atoms with Gasteiger partial charge in [-0.05, 0) is 30.4 Å². The number of aromatic nitrogens is 1. The highest BCUT2D eigenvalue weighted by atomic mass is 16.5. The minimum absolute atomic E-state index is 0.0965. The van der Waals surface area contributed by atoms with Gasteiger partial charge in [-0.2, -0.15) is 0 Å². The van der Waals surface area contributed by atoms with E-state index in [0.717, 1.165) is 44.1 Å². The first-order valence-electron chi connectivity index (χ1n) is 11.3. The van der Waals surface area contributed by atoms with Crippen LogP contribution in [0.4, 0.5) is 0 Å². The third kappa shape index (κ3) is 8.28. The molecule has 2 unspecified atom stereocenters. The first-order chi connectivity index (χ1) is 14.9.